The zero-order valence-corrected chi connectivity index (χ0v) is 15.0. The number of hydrogen-bond donors (Lipinski definition) is 0. The van der Waals surface area contributed by atoms with Gasteiger partial charge in [-0.2, -0.15) is 0 Å². The highest BCUT2D eigenvalue weighted by Crippen LogP contribution is 2.51. The van der Waals surface area contributed by atoms with Gasteiger partial charge in [0.05, 0.1) is 13.2 Å². The second kappa shape index (κ2) is 6.87. The van der Waals surface area contributed by atoms with Crippen molar-refractivity contribution in [2.24, 2.45) is 5.41 Å². The second-order valence-corrected chi connectivity index (χ2v) is 6.40. The average Bonchev–Trinajstić information content (AvgIpc) is 2.54. The van der Waals surface area contributed by atoms with Gasteiger partial charge in [0, 0.05) is 31.8 Å². The first kappa shape index (κ1) is 17.7. The second-order valence-electron chi connectivity index (χ2n) is 6.40. The Bertz CT molecular complexity index is 569. The predicted molar refractivity (Wildman–Crippen MR) is 89.8 cm³/mol. The van der Waals surface area contributed by atoms with Crippen molar-refractivity contribution in [3.8, 4) is 5.75 Å². The number of ether oxygens (including phenoxy) is 2. The van der Waals surface area contributed by atoms with Crippen LogP contribution < -0.4 is 4.74 Å². The van der Waals surface area contributed by atoms with Crippen molar-refractivity contribution in [3.63, 3.8) is 0 Å². The molecule has 128 valence electrons. The third-order valence-corrected chi connectivity index (χ3v) is 5.54. The van der Waals surface area contributed by atoms with E-state index in [0.29, 0.717) is 11.4 Å². The summed E-state index contributed by atoms with van der Waals surface area (Å²) in [5.74, 6) is 0.440. The van der Waals surface area contributed by atoms with Crippen LogP contribution in [0.3, 0.4) is 0 Å². The van der Waals surface area contributed by atoms with E-state index < -0.39 is 0 Å². The Kier molecular flexibility index (Phi) is 5.30. The van der Waals surface area contributed by atoms with Crippen LogP contribution in [0.5, 0.6) is 5.75 Å². The topological polar surface area (TPSA) is 51.7 Å². The Morgan fingerprint density at radius 3 is 2.57 bits per heavy atom. The van der Waals surface area contributed by atoms with Crippen LogP contribution in [0.25, 0.3) is 0 Å². The number of methoxy groups -OCH3 is 2. The van der Waals surface area contributed by atoms with Gasteiger partial charge in [0.15, 0.2) is 5.69 Å². The zero-order valence-electron chi connectivity index (χ0n) is 15.0. The van der Waals surface area contributed by atoms with Crippen molar-refractivity contribution in [1.82, 2.24) is 9.88 Å². The van der Waals surface area contributed by atoms with Crippen molar-refractivity contribution in [1.29, 1.82) is 0 Å². The molecule has 1 aliphatic carbocycles. The molecule has 0 aromatic carbocycles. The molecule has 1 aromatic heterocycles. The number of aryl methyl sites for hydroxylation is 1. The Morgan fingerprint density at radius 1 is 1.39 bits per heavy atom. The van der Waals surface area contributed by atoms with Gasteiger partial charge in [0.25, 0.3) is 5.91 Å². The molecule has 0 bridgehead atoms. The summed E-state index contributed by atoms with van der Waals surface area (Å²) in [7, 11) is 5.19. The maximum Gasteiger partial charge on any atom is 0.276 e. The molecular formula is C18H28N2O3. The first-order valence-electron chi connectivity index (χ1n) is 8.25. The molecule has 0 spiro atoms. The first-order chi connectivity index (χ1) is 10.9. The summed E-state index contributed by atoms with van der Waals surface area (Å²) in [5.41, 5.74) is 1.38. The van der Waals surface area contributed by atoms with E-state index >= 15 is 0 Å². The van der Waals surface area contributed by atoms with Crippen molar-refractivity contribution >= 4 is 5.91 Å². The third-order valence-electron chi connectivity index (χ3n) is 5.54. The highest BCUT2D eigenvalue weighted by molar-refractivity contribution is 5.95. The van der Waals surface area contributed by atoms with E-state index in [1.54, 1.807) is 20.4 Å². The zero-order chi connectivity index (χ0) is 17.2. The van der Waals surface area contributed by atoms with Crippen molar-refractivity contribution in [2.75, 3.05) is 21.3 Å². The van der Waals surface area contributed by atoms with Gasteiger partial charge in [-0.15, -0.1) is 0 Å². The monoisotopic (exact) mass is 320 g/mol. The number of nitrogens with zero attached hydrogens (tertiary/aromatic N) is 2. The highest BCUT2D eigenvalue weighted by atomic mass is 16.5. The Balaban J connectivity index is 2.27. The van der Waals surface area contributed by atoms with Crippen LogP contribution in [0.1, 0.15) is 49.2 Å². The van der Waals surface area contributed by atoms with Gasteiger partial charge >= 0.3 is 0 Å². The molecule has 2 atom stereocenters. The van der Waals surface area contributed by atoms with Crippen LogP contribution in [0.4, 0.5) is 0 Å². The minimum Gasteiger partial charge on any atom is -0.494 e. The largest absolute Gasteiger partial charge is 0.494 e. The summed E-state index contributed by atoms with van der Waals surface area (Å²) in [4.78, 5) is 19.1. The van der Waals surface area contributed by atoms with Crippen LogP contribution in [0.2, 0.25) is 0 Å². The molecule has 2 unspecified atom stereocenters. The summed E-state index contributed by atoms with van der Waals surface area (Å²) < 4.78 is 11.0. The number of rotatable bonds is 6. The van der Waals surface area contributed by atoms with Gasteiger partial charge in [0.1, 0.15) is 5.75 Å². The summed E-state index contributed by atoms with van der Waals surface area (Å²) >= 11 is 0. The number of carbonyl (C=O) groups is 1. The lowest BCUT2D eigenvalue weighted by Crippen LogP contribution is -2.64. The van der Waals surface area contributed by atoms with Crippen molar-refractivity contribution in [3.05, 3.63) is 23.5 Å². The summed E-state index contributed by atoms with van der Waals surface area (Å²) in [6.45, 7) is 6.28. The van der Waals surface area contributed by atoms with Crippen LogP contribution in [-0.4, -0.2) is 49.2 Å². The van der Waals surface area contributed by atoms with Gasteiger partial charge in [0.2, 0.25) is 0 Å². The van der Waals surface area contributed by atoms with E-state index in [1.807, 2.05) is 24.9 Å². The standard InChI is InChI=1S/C18H28N2O3/c1-7-18(8-2)14(10-15(18)23-6)20(4)17(21)16-13(22-5)9-12(3)11-19-16/h9,11,14-15H,7-8,10H2,1-6H3. The smallest absolute Gasteiger partial charge is 0.276 e. The third kappa shape index (κ3) is 2.82. The van der Waals surface area contributed by atoms with Gasteiger partial charge < -0.3 is 14.4 Å². The fourth-order valence-electron chi connectivity index (χ4n) is 3.94. The normalized spacial score (nSPS) is 22.3. The summed E-state index contributed by atoms with van der Waals surface area (Å²) in [6, 6.07) is 2.02. The van der Waals surface area contributed by atoms with Gasteiger partial charge in [-0.1, -0.05) is 13.8 Å². The molecule has 0 aliphatic heterocycles. The van der Waals surface area contributed by atoms with E-state index in [0.717, 1.165) is 24.8 Å². The lowest BCUT2D eigenvalue weighted by molar-refractivity contribution is -0.147. The van der Waals surface area contributed by atoms with Crippen LogP contribution in [0, 0.1) is 12.3 Å². The van der Waals surface area contributed by atoms with Crippen LogP contribution in [0.15, 0.2) is 12.3 Å². The Hall–Kier alpha value is -1.62. The van der Waals surface area contributed by atoms with E-state index in [4.69, 9.17) is 9.47 Å². The Labute approximate surface area is 139 Å². The fraction of sp³-hybridized carbons (Fsp3) is 0.667. The molecule has 1 fully saturated rings. The lowest BCUT2D eigenvalue weighted by Gasteiger charge is -2.57. The molecule has 0 radical (unpaired) electrons. The molecule has 1 amide bonds. The van der Waals surface area contributed by atoms with E-state index in [2.05, 4.69) is 18.8 Å². The number of carbonyl (C=O) groups excluding carboxylic acids is 1. The quantitative estimate of drug-likeness (QED) is 0.808. The first-order valence-corrected chi connectivity index (χ1v) is 8.25. The van der Waals surface area contributed by atoms with Crippen LogP contribution in [-0.2, 0) is 4.74 Å². The molecule has 5 nitrogen and oxygen atoms in total. The molecule has 23 heavy (non-hydrogen) atoms. The van der Waals surface area contributed by atoms with Crippen molar-refractivity contribution < 1.29 is 14.3 Å². The molecule has 1 aromatic rings. The number of aromatic nitrogens is 1. The number of hydrogen-bond acceptors (Lipinski definition) is 4. The van der Waals surface area contributed by atoms with E-state index in [1.165, 1.54) is 0 Å². The molecule has 1 aliphatic rings. The van der Waals surface area contributed by atoms with Gasteiger partial charge in [-0.3, -0.25) is 4.79 Å². The minimum absolute atomic E-state index is 0.0249. The summed E-state index contributed by atoms with van der Waals surface area (Å²) in [5, 5.41) is 0. The maximum absolute atomic E-state index is 12.9. The molecule has 0 saturated heterocycles. The number of pyridine rings is 1. The van der Waals surface area contributed by atoms with Gasteiger partial charge in [-0.05, 0) is 37.8 Å². The Morgan fingerprint density at radius 2 is 2.04 bits per heavy atom. The molecular weight excluding hydrogens is 292 g/mol. The van der Waals surface area contributed by atoms with Crippen molar-refractivity contribution in [2.45, 2.75) is 52.2 Å². The lowest BCUT2D eigenvalue weighted by atomic mass is 9.58. The van der Waals surface area contributed by atoms with Crippen LogP contribution >= 0.6 is 0 Å². The minimum atomic E-state index is -0.0901. The maximum atomic E-state index is 12.9. The molecule has 1 heterocycles. The van der Waals surface area contributed by atoms with E-state index in [-0.39, 0.29) is 23.5 Å². The number of amides is 1. The van der Waals surface area contributed by atoms with Gasteiger partial charge in [-0.25, -0.2) is 4.98 Å². The predicted octanol–water partition coefficient (Wildman–Crippen LogP) is 3.06. The molecule has 1 saturated carbocycles. The molecule has 2 rings (SSSR count). The highest BCUT2D eigenvalue weighted by Gasteiger charge is 2.55. The fourth-order valence-corrected chi connectivity index (χ4v) is 3.94. The summed E-state index contributed by atoms with van der Waals surface area (Å²) in [6.07, 6.45) is 4.76. The van der Waals surface area contributed by atoms with E-state index in [9.17, 15) is 4.79 Å². The molecule has 0 N–H and O–H groups in total. The SMILES string of the molecule is CCC1(CC)C(OC)CC1N(C)C(=O)c1ncc(C)cc1OC. The molecule has 5 heteroatoms. The average molecular weight is 320 g/mol.